The van der Waals surface area contributed by atoms with Crippen molar-refractivity contribution < 1.29 is 21.5 Å². The number of aromatic amines is 1. The molecule has 106 valence electrons. The van der Waals surface area contributed by atoms with Gasteiger partial charge in [-0.05, 0) is 0 Å². The number of nitrogens with zero attached hydrogens (tertiary/aromatic N) is 3. The fourth-order valence-corrected chi connectivity index (χ4v) is 4.24. The molecule has 21 heavy (non-hydrogen) atoms. The second kappa shape index (κ2) is 5.10. The topological polar surface area (TPSA) is 46.5 Å². The van der Waals surface area contributed by atoms with Crippen molar-refractivity contribution in [1.82, 2.24) is 18.0 Å². The molecule has 4 nitrogen and oxygen atoms in total. The summed E-state index contributed by atoms with van der Waals surface area (Å²) in [7, 11) is 0. The second-order valence-corrected chi connectivity index (χ2v) is 7.64. The van der Waals surface area contributed by atoms with Crippen LogP contribution in [0, 0.1) is 0 Å². The standard InChI is InChI=1S/C15H11BrIN4/c1-17-21-8-13(12-5-11(16)7-18-15(12)21)9-2-3-10-6-19-20-14(10)4-9/h2-8H,1H3,(H,19,20)/q-1. The molecule has 0 fully saturated rings. The van der Waals surface area contributed by atoms with Gasteiger partial charge in [0.2, 0.25) is 0 Å². The average molecular weight is 454 g/mol. The van der Waals surface area contributed by atoms with Crippen LogP contribution in [0.2, 0.25) is 0 Å². The van der Waals surface area contributed by atoms with Crippen LogP contribution in [0.3, 0.4) is 0 Å². The van der Waals surface area contributed by atoms with Crippen molar-refractivity contribution in [2.75, 3.05) is 4.93 Å². The molecule has 0 amide bonds. The molecule has 4 aromatic rings. The summed E-state index contributed by atoms with van der Waals surface area (Å²) < 4.78 is 3.29. The third kappa shape index (κ3) is 2.17. The van der Waals surface area contributed by atoms with E-state index in [4.69, 9.17) is 0 Å². The van der Waals surface area contributed by atoms with E-state index < -0.39 is 0 Å². The molecular formula is C15H11BrIN4-. The number of H-pyrrole nitrogens is 1. The van der Waals surface area contributed by atoms with Crippen LogP contribution in [-0.2, 0) is 0 Å². The van der Waals surface area contributed by atoms with Gasteiger partial charge in [0.25, 0.3) is 0 Å². The summed E-state index contributed by atoms with van der Waals surface area (Å²) in [6.45, 7) is 0. The second-order valence-electron chi connectivity index (χ2n) is 4.72. The van der Waals surface area contributed by atoms with Gasteiger partial charge >= 0.3 is 141 Å². The van der Waals surface area contributed by atoms with Crippen molar-refractivity contribution in [3.05, 3.63) is 47.3 Å². The first-order valence-corrected chi connectivity index (χ1v) is 10.3. The van der Waals surface area contributed by atoms with Crippen molar-refractivity contribution in [3.8, 4) is 11.1 Å². The number of alkyl halides is 1. The third-order valence-electron chi connectivity index (χ3n) is 3.50. The summed E-state index contributed by atoms with van der Waals surface area (Å²) in [4.78, 5) is 6.81. The molecule has 0 bridgehead atoms. The Hall–Kier alpha value is -1.41. The van der Waals surface area contributed by atoms with Crippen LogP contribution >= 0.6 is 15.9 Å². The van der Waals surface area contributed by atoms with Gasteiger partial charge in [0, 0.05) is 0 Å². The Morgan fingerprint density at radius 1 is 1.24 bits per heavy atom. The van der Waals surface area contributed by atoms with Crippen molar-refractivity contribution in [3.63, 3.8) is 0 Å². The summed E-state index contributed by atoms with van der Waals surface area (Å²) in [5.74, 6) is 0. The van der Waals surface area contributed by atoms with E-state index in [2.05, 4.69) is 69.3 Å². The summed E-state index contributed by atoms with van der Waals surface area (Å²) >= 11 is 3.44. The first-order chi connectivity index (χ1) is 10.3. The Bertz CT molecular complexity index is 957. The van der Waals surface area contributed by atoms with Crippen molar-refractivity contribution >= 4 is 37.9 Å². The summed E-state index contributed by atoms with van der Waals surface area (Å²) in [5.41, 5.74) is 4.53. The Balaban J connectivity index is 2.02. The Kier molecular flexibility index (Phi) is 3.22. The molecule has 0 radical (unpaired) electrons. The molecule has 1 aromatic carbocycles. The quantitative estimate of drug-likeness (QED) is 0.361. The number of benzene rings is 1. The molecule has 0 atom stereocenters. The summed E-state index contributed by atoms with van der Waals surface area (Å²) in [5, 5.41) is 9.44. The molecule has 0 aliphatic carbocycles. The normalized spacial score (nSPS) is 11.7. The van der Waals surface area contributed by atoms with E-state index in [1.165, 1.54) is 16.5 Å². The first-order valence-electron chi connectivity index (χ1n) is 6.36. The number of hydrogen-bond donors (Lipinski definition) is 1. The van der Waals surface area contributed by atoms with Gasteiger partial charge in [-0.2, -0.15) is 0 Å². The Morgan fingerprint density at radius 3 is 3.00 bits per heavy atom. The molecule has 0 aliphatic heterocycles. The fourth-order valence-electron chi connectivity index (χ4n) is 2.51. The number of fused-ring (bicyclic) bond motifs is 2. The number of rotatable bonds is 2. The van der Waals surface area contributed by atoms with E-state index in [-0.39, 0.29) is 21.5 Å². The zero-order valence-corrected chi connectivity index (χ0v) is 14.9. The van der Waals surface area contributed by atoms with Gasteiger partial charge in [-0.15, -0.1) is 0 Å². The van der Waals surface area contributed by atoms with Gasteiger partial charge in [-0.25, -0.2) is 0 Å². The zero-order valence-electron chi connectivity index (χ0n) is 11.1. The van der Waals surface area contributed by atoms with Crippen LogP contribution in [0.1, 0.15) is 0 Å². The van der Waals surface area contributed by atoms with Crippen LogP contribution in [-0.4, -0.2) is 22.9 Å². The summed E-state index contributed by atoms with van der Waals surface area (Å²) in [6, 6.07) is 8.54. The third-order valence-corrected chi connectivity index (χ3v) is 5.71. The van der Waals surface area contributed by atoms with Crippen LogP contribution in [0.15, 0.2) is 47.3 Å². The van der Waals surface area contributed by atoms with Crippen LogP contribution < -0.4 is 21.5 Å². The monoisotopic (exact) mass is 453 g/mol. The van der Waals surface area contributed by atoms with E-state index >= 15 is 0 Å². The maximum absolute atomic E-state index is 4.57. The van der Waals surface area contributed by atoms with Gasteiger partial charge in [0.1, 0.15) is 0 Å². The van der Waals surface area contributed by atoms with E-state index in [9.17, 15) is 0 Å². The molecular weight excluding hydrogens is 443 g/mol. The maximum atomic E-state index is 4.57. The first kappa shape index (κ1) is 13.3. The van der Waals surface area contributed by atoms with Crippen molar-refractivity contribution in [2.24, 2.45) is 0 Å². The van der Waals surface area contributed by atoms with E-state index in [1.54, 1.807) is 0 Å². The predicted molar refractivity (Wildman–Crippen MR) is 83.8 cm³/mol. The Morgan fingerprint density at radius 2 is 2.14 bits per heavy atom. The molecule has 4 rings (SSSR count). The number of halogens is 2. The van der Waals surface area contributed by atoms with E-state index in [0.717, 1.165) is 21.0 Å². The molecule has 6 heteroatoms. The fraction of sp³-hybridized carbons (Fsp3) is 0.0667. The van der Waals surface area contributed by atoms with Gasteiger partial charge < -0.3 is 0 Å². The number of hydrogen-bond acceptors (Lipinski definition) is 2. The summed E-state index contributed by atoms with van der Waals surface area (Å²) in [6.07, 6.45) is 5.92. The van der Waals surface area contributed by atoms with Crippen molar-refractivity contribution in [2.45, 2.75) is 0 Å². The minimum absolute atomic E-state index is 0.0811. The SMILES string of the molecule is C[I-]n1cc(-c2ccc3cn[nH]c3c2)c2cc(Br)cnc21. The molecule has 1 N–H and O–H groups in total. The molecule has 0 aliphatic rings. The number of pyridine rings is 1. The number of aromatic nitrogens is 4. The zero-order chi connectivity index (χ0) is 14.4. The molecule has 0 saturated carbocycles. The van der Waals surface area contributed by atoms with Gasteiger partial charge in [0.15, 0.2) is 0 Å². The van der Waals surface area contributed by atoms with Gasteiger partial charge in [0.05, 0.1) is 0 Å². The molecule has 3 heterocycles. The van der Waals surface area contributed by atoms with Crippen LogP contribution in [0.5, 0.6) is 0 Å². The van der Waals surface area contributed by atoms with E-state index in [1.807, 2.05) is 12.4 Å². The number of nitrogens with one attached hydrogen (secondary N) is 1. The van der Waals surface area contributed by atoms with Crippen LogP contribution in [0.25, 0.3) is 33.1 Å². The molecule has 0 saturated heterocycles. The van der Waals surface area contributed by atoms with Crippen molar-refractivity contribution in [1.29, 1.82) is 0 Å². The molecule has 0 spiro atoms. The molecule has 3 aromatic heterocycles. The minimum atomic E-state index is -0.0811. The van der Waals surface area contributed by atoms with Crippen LogP contribution in [0.4, 0.5) is 0 Å². The van der Waals surface area contributed by atoms with Gasteiger partial charge in [-0.1, -0.05) is 0 Å². The average Bonchev–Trinajstić information content (AvgIpc) is 3.09. The van der Waals surface area contributed by atoms with Gasteiger partial charge in [-0.3, -0.25) is 0 Å². The Labute approximate surface area is 140 Å². The van der Waals surface area contributed by atoms with E-state index in [0.29, 0.717) is 0 Å². The molecule has 0 unspecified atom stereocenters. The predicted octanol–water partition coefficient (Wildman–Crippen LogP) is 0.824.